The van der Waals surface area contributed by atoms with E-state index in [-0.39, 0.29) is 11.6 Å². The maximum absolute atomic E-state index is 11.7. The highest BCUT2D eigenvalue weighted by Crippen LogP contribution is 2.26. The van der Waals surface area contributed by atoms with Crippen LogP contribution in [0.1, 0.15) is 33.6 Å². The molecule has 0 bridgehead atoms. The van der Waals surface area contributed by atoms with Crippen molar-refractivity contribution in [2.75, 3.05) is 38.4 Å². The van der Waals surface area contributed by atoms with E-state index in [0.29, 0.717) is 17.8 Å². The second-order valence-corrected chi connectivity index (χ2v) is 7.92. The van der Waals surface area contributed by atoms with Crippen LogP contribution in [-0.2, 0) is 16.0 Å². The van der Waals surface area contributed by atoms with E-state index in [1.54, 1.807) is 14.0 Å². The first-order chi connectivity index (χ1) is 16.4. The lowest BCUT2D eigenvalue weighted by Crippen LogP contribution is -2.19. The van der Waals surface area contributed by atoms with Gasteiger partial charge in [-0.3, -0.25) is 9.59 Å². The minimum Gasteiger partial charge on any atom is -0.388 e. The number of ether oxygens (including phenoxy) is 1. The molecule has 0 aliphatic rings. The summed E-state index contributed by atoms with van der Waals surface area (Å²) in [6.07, 6.45) is 2.62. The number of carbonyl (C=O) groups is 2. The normalized spacial score (nSPS) is 10.2. The standard InChI is InChI=1S/C13H14N4O2.C12H18ClNO/c1-9-11(13(19)14-2)16-17(12(9)15-8-18)10-6-4-3-5-7-10;1-9-7-10(5-4-6-15-3)12(14-2)8-11(9)13/h3-8H,1-2H3,(H,14,19)(H,15,18);7-8,14H,4-6H2,1-3H3. The smallest absolute Gasteiger partial charge is 0.271 e. The van der Waals surface area contributed by atoms with Gasteiger partial charge in [-0.1, -0.05) is 35.9 Å². The van der Waals surface area contributed by atoms with Gasteiger partial charge >= 0.3 is 0 Å². The number of carbonyl (C=O) groups excluding carboxylic acids is 2. The van der Waals surface area contributed by atoms with Crippen LogP contribution >= 0.6 is 11.6 Å². The van der Waals surface area contributed by atoms with E-state index < -0.39 is 0 Å². The molecule has 0 fully saturated rings. The van der Waals surface area contributed by atoms with Crippen LogP contribution in [0.25, 0.3) is 5.69 Å². The van der Waals surface area contributed by atoms with Crippen LogP contribution in [0, 0.1) is 13.8 Å². The van der Waals surface area contributed by atoms with Crippen molar-refractivity contribution in [1.29, 1.82) is 0 Å². The Morgan fingerprint density at radius 1 is 1.18 bits per heavy atom. The maximum atomic E-state index is 11.7. The molecular weight excluding hydrogens is 454 g/mol. The highest BCUT2D eigenvalue weighted by molar-refractivity contribution is 6.31. The molecule has 0 saturated heterocycles. The number of aryl methyl sites for hydroxylation is 2. The predicted octanol–water partition coefficient (Wildman–Crippen LogP) is 4.38. The third kappa shape index (κ3) is 6.82. The predicted molar refractivity (Wildman–Crippen MR) is 137 cm³/mol. The average molecular weight is 486 g/mol. The van der Waals surface area contributed by atoms with Gasteiger partial charge in [0, 0.05) is 44.1 Å². The minimum atomic E-state index is -0.291. The zero-order valence-corrected chi connectivity index (χ0v) is 21.0. The Labute approximate surface area is 205 Å². The van der Waals surface area contributed by atoms with Crippen molar-refractivity contribution >= 4 is 35.4 Å². The second-order valence-electron chi connectivity index (χ2n) is 7.52. The lowest BCUT2D eigenvalue weighted by atomic mass is 10.0. The fourth-order valence-electron chi connectivity index (χ4n) is 3.40. The Bertz CT molecular complexity index is 1100. The minimum absolute atomic E-state index is 0.288. The Kier molecular flexibility index (Phi) is 10.6. The van der Waals surface area contributed by atoms with Gasteiger partial charge in [-0.15, -0.1) is 0 Å². The molecule has 0 aliphatic carbocycles. The number of halogens is 1. The molecule has 3 aromatic rings. The van der Waals surface area contributed by atoms with Gasteiger partial charge < -0.3 is 20.7 Å². The molecule has 0 unspecified atom stereocenters. The molecule has 3 rings (SSSR count). The van der Waals surface area contributed by atoms with Gasteiger partial charge in [0.15, 0.2) is 5.69 Å². The first-order valence-corrected chi connectivity index (χ1v) is 11.3. The SMILES string of the molecule is CNC(=O)c1nn(-c2ccccc2)c(NC=O)c1C.CNc1cc(Cl)c(C)cc1CCCOC. The Morgan fingerprint density at radius 2 is 1.88 bits per heavy atom. The van der Waals surface area contributed by atoms with Crippen LogP contribution in [0.5, 0.6) is 0 Å². The van der Waals surface area contributed by atoms with Crippen molar-refractivity contribution in [1.82, 2.24) is 15.1 Å². The van der Waals surface area contributed by atoms with Gasteiger partial charge in [0.1, 0.15) is 5.82 Å². The summed E-state index contributed by atoms with van der Waals surface area (Å²) in [6.45, 7) is 4.56. The topological polar surface area (TPSA) is 97.3 Å². The molecule has 9 heteroatoms. The summed E-state index contributed by atoms with van der Waals surface area (Å²) in [7, 11) is 5.18. The highest BCUT2D eigenvalue weighted by atomic mass is 35.5. The van der Waals surface area contributed by atoms with Crippen molar-refractivity contribution in [3.63, 3.8) is 0 Å². The number of benzene rings is 2. The lowest BCUT2D eigenvalue weighted by molar-refractivity contribution is -0.105. The van der Waals surface area contributed by atoms with Crippen LogP contribution in [0.15, 0.2) is 42.5 Å². The Hall–Kier alpha value is -3.36. The zero-order chi connectivity index (χ0) is 25.1. The lowest BCUT2D eigenvalue weighted by Gasteiger charge is -2.11. The summed E-state index contributed by atoms with van der Waals surface area (Å²) < 4.78 is 6.58. The third-order valence-corrected chi connectivity index (χ3v) is 5.62. The average Bonchev–Trinajstić information content (AvgIpc) is 3.18. The number of para-hydroxylation sites is 1. The van der Waals surface area contributed by atoms with E-state index >= 15 is 0 Å². The molecule has 3 N–H and O–H groups in total. The molecule has 34 heavy (non-hydrogen) atoms. The van der Waals surface area contributed by atoms with Crippen molar-refractivity contribution in [3.05, 3.63) is 69.9 Å². The largest absolute Gasteiger partial charge is 0.388 e. The molecule has 1 aromatic heterocycles. The van der Waals surface area contributed by atoms with Crippen LogP contribution in [0.2, 0.25) is 5.02 Å². The molecule has 182 valence electrons. The number of nitrogens with one attached hydrogen (secondary N) is 3. The number of rotatable bonds is 9. The summed E-state index contributed by atoms with van der Waals surface area (Å²) in [6, 6.07) is 13.4. The number of anilines is 2. The van der Waals surface area contributed by atoms with Gasteiger partial charge in [-0.05, 0) is 56.0 Å². The van der Waals surface area contributed by atoms with Crippen molar-refractivity contribution in [2.45, 2.75) is 26.7 Å². The number of aromatic nitrogens is 2. The maximum Gasteiger partial charge on any atom is 0.271 e. The Morgan fingerprint density at radius 3 is 2.47 bits per heavy atom. The molecule has 0 atom stereocenters. The van der Waals surface area contributed by atoms with Gasteiger partial charge in [0.25, 0.3) is 5.91 Å². The molecular formula is C25H32ClN5O3. The number of amides is 2. The van der Waals surface area contributed by atoms with Gasteiger partial charge in [-0.25, -0.2) is 4.68 Å². The van der Waals surface area contributed by atoms with E-state index in [1.807, 2.05) is 50.4 Å². The fraction of sp³-hybridized carbons (Fsp3) is 0.320. The molecule has 1 heterocycles. The van der Waals surface area contributed by atoms with E-state index in [2.05, 4.69) is 27.1 Å². The van der Waals surface area contributed by atoms with Gasteiger partial charge in [0.2, 0.25) is 6.41 Å². The van der Waals surface area contributed by atoms with Crippen molar-refractivity contribution in [3.8, 4) is 5.69 Å². The molecule has 2 amide bonds. The van der Waals surface area contributed by atoms with Crippen LogP contribution in [0.4, 0.5) is 11.5 Å². The summed E-state index contributed by atoms with van der Waals surface area (Å²) >= 11 is 6.06. The molecule has 0 radical (unpaired) electrons. The molecule has 2 aromatic carbocycles. The molecule has 0 saturated carbocycles. The van der Waals surface area contributed by atoms with E-state index in [9.17, 15) is 9.59 Å². The van der Waals surface area contributed by atoms with Crippen molar-refractivity contribution in [2.24, 2.45) is 0 Å². The van der Waals surface area contributed by atoms with E-state index in [1.165, 1.54) is 17.3 Å². The molecule has 0 spiro atoms. The van der Waals surface area contributed by atoms with Crippen LogP contribution < -0.4 is 16.0 Å². The number of hydrogen-bond donors (Lipinski definition) is 3. The van der Waals surface area contributed by atoms with Gasteiger partial charge in [0.05, 0.1) is 5.69 Å². The Balaban J connectivity index is 0.000000248. The fourth-order valence-corrected chi connectivity index (χ4v) is 3.56. The second kappa shape index (κ2) is 13.4. The molecule has 0 aliphatic heterocycles. The van der Waals surface area contributed by atoms with E-state index in [4.69, 9.17) is 16.3 Å². The van der Waals surface area contributed by atoms with Crippen LogP contribution in [0.3, 0.4) is 0 Å². The summed E-state index contributed by atoms with van der Waals surface area (Å²) in [5, 5.41) is 13.3. The summed E-state index contributed by atoms with van der Waals surface area (Å²) in [5.74, 6) is 0.195. The van der Waals surface area contributed by atoms with Gasteiger partial charge in [-0.2, -0.15) is 5.10 Å². The third-order valence-electron chi connectivity index (χ3n) is 5.21. The number of nitrogens with zero attached hydrogens (tertiary/aromatic N) is 2. The number of methoxy groups -OCH3 is 1. The van der Waals surface area contributed by atoms with Crippen molar-refractivity contribution < 1.29 is 14.3 Å². The number of hydrogen-bond acceptors (Lipinski definition) is 5. The molecule has 8 nitrogen and oxygen atoms in total. The summed E-state index contributed by atoms with van der Waals surface area (Å²) in [4.78, 5) is 22.4. The zero-order valence-electron chi connectivity index (χ0n) is 20.2. The van der Waals surface area contributed by atoms with E-state index in [0.717, 1.165) is 41.4 Å². The first-order valence-electron chi connectivity index (χ1n) is 10.9. The van der Waals surface area contributed by atoms with Crippen LogP contribution in [-0.4, -0.2) is 49.9 Å². The summed E-state index contributed by atoms with van der Waals surface area (Å²) in [5.41, 5.74) is 5.22. The quantitative estimate of drug-likeness (QED) is 0.309. The highest BCUT2D eigenvalue weighted by Gasteiger charge is 2.19. The monoisotopic (exact) mass is 485 g/mol. The first kappa shape index (κ1) is 26.9.